The molecule has 60 valence electrons. The summed E-state index contributed by atoms with van der Waals surface area (Å²) >= 11 is 0. The van der Waals surface area contributed by atoms with Gasteiger partial charge in [-0.3, -0.25) is 0 Å². The molecule has 1 rings (SSSR count). The van der Waals surface area contributed by atoms with Crippen molar-refractivity contribution in [2.75, 3.05) is 0 Å². The van der Waals surface area contributed by atoms with Gasteiger partial charge in [-0.05, 0) is 16.7 Å². The summed E-state index contributed by atoms with van der Waals surface area (Å²) in [5.41, 5.74) is 3.30. The van der Waals surface area contributed by atoms with Crippen molar-refractivity contribution in [1.29, 1.82) is 0 Å². The van der Waals surface area contributed by atoms with Crippen LogP contribution in [-0.2, 0) is 0 Å². The fourth-order valence-electron chi connectivity index (χ4n) is 1.19. The molecule has 0 nitrogen and oxygen atoms in total. The van der Waals surface area contributed by atoms with E-state index in [1.807, 2.05) is 36.4 Å². The monoisotopic (exact) mass is 156 g/mol. The molecule has 0 heterocycles. The Bertz CT molecular complexity index is 293. The van der Waals surface area contributed by atoms with Crippen LogP contribution in [-0.4, -0.2) is 0 Å². The van der Waals surface area contributed by atoms with E-state index in [1.165, 1.54) is 0 Å². The highest BCUT2D eigenvalue weighted by Crippen LogP contribution is 2.17. The van der Waals surface area contributed by atoms with Crippen LogP contribution < -0.4 is 0 Å². The lowest BCUT2D eigenvalue weighted by Crippen LogP contribution is -1.84. The average Bonchev–Trinajstić information content (AvgIpc) is 2.16. The summed E-state index contributed by atoms with van der Waals surface area (Å²) in [5, 5.41) is 0. The van der Waals surface area contributed by atoms with Gasteiger partial charge in [0.15, 0.2) is 0 Å². The van der Waals surface area contributed by atoms with Crippen LogP contribution in [0.3, 0.4) is 0 Å². The fraction of sp³-hybridized carbons (Fsp3) is 0. The predicted molar refractivity (Wildman–Crippen MR) is 56.7 cm³/mol. The third kappa shape index (κ3) is 1.37. The van der Waals surface area contributed by atoms with E-state index < -0.39 is 0 Å². The molecule has 0 aliphatic heterocycles. The summed E-state index contributed by atoms with van der Waals surface area (Å²) in [7, 11) is 0. The largest absolute Gasteiger partial charge is 0.0984 e. The molecule has 0 aliphatic rings. The number of hydrogen-bond donors (Lipinski definition) is 0. The Morgan fingerprint density at radius 1 is 0.833 bits per heavy atom. The van der Waals surface area contributed by atoms with E-state index in [0.717, 1.165) is 16.7 Å². The first-order valence-corrected chi connectivity index (χ1v) is 3.83. The molecular weight excluding hydrogens is 144 g/mol. The van der Waals surface area contributed by atoms with Gasteiger partial charge in [-0.2, -0.15) is 0 Å². The van der Waals surface area contributed by atoms with Crippen LogP contribution in [0.2, 0.25) is 0 Å². The molecule has 0 aromatic heterocycles. The zero-order valence-electron chi connectivity index (χ0n) is 7.09. The van der Waals surface area contributed by atoms with Gasteiger partial charge in [-0.1, -0.05) is 56.2 Å². The van der Waals surface area contributed by atoms with Gasteiger partial charge in [0, 0.05) is 0 Å². The van der Waals surface area contributed by atoms with Gasteiger partial charge in [0.2, 0.25) is 0 Å². The second-order valence-corrected chi connectivity index (χ2v) is 2.46. The molecule has 0 amide bonds. The van der Waals surface area contributed by atoms with Crippen molar-refractivity contribution in [2.45, 2.75) is 0 Å². The highest BCUT2D eigenvalue weighted by atomic mass is 14.0. The van der Waals surface area contributed by atoms with Gasteiger partial charge in [0.1, 0.15) is 0 Å². The minimum absolute atomic E-state index is 1.10. The van der Waals surface area contributed by atoms with Gasteiger partial charge >= 0.3 is 0 Å². The molecule has 0 saturated heterocycles. The Balaban J connectivity index is 3.40. The van der Waals surface area contributed by atoms with Crippen LogP contribution in [0.1, 0.15) is 16.7 Å². The molecule has 1 aromatic carbocycles. The minimum atomic E-state index is 1.10. The van der Waals surface area contributed by atoms with Crippen LogP contribution in [0.4, 0.5) is 0 Å². The number of benzene rings is 1. The van der Waals surface area contributed by atoms with Crippen LogP contribution in [0, 0.1) is 0 Å². The zero-order chi connectivity index (χ0) is 8.97. The number of hydrogen-bond acceptors (Lipinski definition) is 0. The molecule has 0 radical (unpaired) electrons. The van der Waals surface area contributed by atoms with Gasteiger partial charge < -0.3 is 0 Å². The Kier molecular flexibility index (Phi) is 2.65. The van der Waals surface area contributed by atoms with Gasteiger partial charge in [0.05, 0.1) is 0 Å². The van der Waals surface area contributed by atoms with Gasteiger partial charge in [0.25, 0.3) is 0 Å². The average molecular weight is 156 g/mol. The lowest BCUT2D eigenvalue weighted by molar-refractivity contribution is 1.58. The third-order valence-electron chi connectivity index (χ3n) is 1.82. The maximum atomic E-state index is 3.75. The van der Waals surface area contributed by atoms with Gasteiger partial charge in [-0.15, -0.1) is 0 Å². The Hall–Kier alpha value is -1.56. The first-order chi connectivity index (χ1) is 5.83. The maximum absolute atomic E-state index is 3.75. The summed E-state index contributed by atoms with van der Waals surface area (Å²) in [6.45, 7) is 11.2. The minimum Gasteiger partial charge on any atom is -0.0984 e. The van der Waals surface area contributed by atoms with Crippen molar-refractivity contribution in [2.24, 2.45) is 0 Å². The molecule has 0 heteroatoms. The molecule has 0 spiro atoms. The van der Waals surface area contributed by atoms with Crippen LogP contribution >= 0.6 is 0 Å². The molecule has 1 aromatic rings. The summed E-state index contributed by atoms with van der Waals surface area (Å²) < 4.78 is 0. The summed E-state index contributed by atoms with van der Waals surface area (Å²) in [6.07, 6.45) is 5.47. The van der Waals surface area contributed by atoms with E-state index in [9.17, 15) is 0 Å². The SMILES string of the molecule is C=Cc1cccc(C=C)c1C=C. The molecule has 0 N–H and O–H groups in total. The van der Waals surface area contributed by atoms with Crippen LogP contribution in [0.5, 0.6) is 0 Å². The van der Waals surface area contributed by atoms with Crippen molar-refractivity contribution in [3.05, 3.63) is 54.6 Å². The van der Waals surface area contributed by atoms with E-state index in [4.69, 9.17) is 0 Å². The van der Waals surface area contributed by atoms with Crippen LogP contribution in [0.15, 0.2) is 37.9 Å². The smallest absolute Gasteiger partial charge is 0.0118 e. The Morgan fingerprint density at radius 3 is 1.67 bits per heavy atom. The first-order valence-electron chi connectivity index (χ1n) is 3.83. The van der Waals surface area contributed by atoms with Gasteiger partial charge in [-0.25, -0.2) is 0 Å². The Morgan fingerprint density at radius 2 is 1.33 bits per heavy atom. The lowest BCUT2D eigenvalue weighted by Gasteiger charge is -2.03. The second kappa shape index (κ2) is 3.72. The van der Waals surface area contributed by atoms with E-state index >= 15 is 0 Å². The maximum Gasteiger partial charge on any atom is -0.0118 e. The molecule has 0 fully saturated rings. The van der Waals surface area contributed by atoms with Crippen molar-refractivity contribution in [1.82, 2.24) is 0 Å². The van der Waals surface area contributed by atoms with Crippen molar-refractivity contribution in [3.63, 3.8) is 0 Å². The highest BCUT2D eigenvalue weighted by Gasteiger charge is 1.97. The lowest BCUT2D eigenvalue weighted by atomic mass is 10.0. The van der Waals surface area contributed by atoms with Crippen LogP contribution in [0.25, 0.3) is 18.2 Å². The van der Waals surface area contributed by atoms with E-state index in [0.29, 0.717) is 0 Å². The number of rotatable bonds is 3. The summed E-state index contributed by atoms with van der Waals surface area (Å²) in [4.78, 5) is 0. The summed E-state index contributed by atoms with van der Waals surface area (Å²) in [5.74, 6) is 0. The van der Waals surface area contributed by atoms with E-state index in [2.05, 4.69) is 19.7 Å². The van der Waals surface area contributed by atoms with Crippen molar-refractivity contribution in [3.8, 4) is 0 Å². The molecule has 12 heavy (non-hydrogen) atoms. The topological polar surface area (TPSA) is 0 Å². The third-order valence-corrected chi connectivity index (χ3v) is 1.82. The van der Waals surface area contributed by atoms with E-state index in [-0.39, 0.29) is 0 Å². The zero-order valence-corrected chi connectivity index (χ0v) is 7.09. The predicted octanol–water partition coefficient (Wildman–Crippen LogP) is 3.62. The molecular formula is C12H12. The molecule has 0 atom stereocenters. The summed E-state index contributed by atoms with van der Waals surface area (Å²) in [6, 6.07) is 6.01. The van der Waals surface area contributed by atoms with E-state index in [1.54, 1.807) is 0 Å². The molecule has 0 bridgehead atoms. The second-order valence-electron chi connectivity index (χ2n) is 2.46. The van der Waals surface area contributed by atoms with Crippen molar-refractivity contribution >= 4 is 18.2 Å². The normalized spacial score (nSPS) is 9.00. The molecule has 0 saturated carbocycles. The van der Waals surface area contributed by atoms with Crippen molar-refractivity contribution < 1.29 is 0 Å². The highest BCUT2D eigenvalue weighted by molar-refractivity contribution is 5.72. The Labute approximate surface area is 73.6 Å². The quantitative estimate of drug-likeness (QED) is 0.627. The molecule has 0 unspecified atom stereocenters. The standard InChI is InChI=1S/C12H12/c1-4-10-8-7-9-11(5-2)12(10)6-3/h4-9H,1-3H2. The molecule has 0 aliphatic carbocycles. The fourth-order valence-corrected chi connectivity index (χ4v) is 1.19. The first kappa shape index (κ1) is 8.54.